The van der Waals surface area contributed by atoms with E-state index in [0.717, 1.165) is 69.8 Å². The average molecular weight is 371 g/mol. The monoisotopic (exact) mass is 370 g/mol. The van der Waals surface area contributed by atoms with Gasteiger partial charge >= 0.3 is 0 Å². The average Bonchev–Trinajstić information content (AvgIpc) is 3.31. The van der Waals surface area contributed by atoms with E-state index in [9.17, 15) is 0 Å². The normalized spacial score (nSPS) is 21.9. The maximum atomic E-state index is 5.48. The summed E-state index contributed by atoms with van der Waals surface area (Å²) in [6.45, 7) is 9.74. The number of hydrogen-bond donors (Lipinski definition) is 1. The van der Waals surface area contributed by atoms with E-state index in [1.165, 1.54) is 11.9 Å². The van der Waals surface area contributed by atoms with Gasteiger partial charge in [0, 0.05) is 52.4 Å². The number of fused-ring (bicyclic) bond motifs is 1. The number of ether oxygens (including phenoxy) is 1. The molecule has 2 fully saturated rings. The number of morpholine rings is 1. The Morgan fingerprint density at radius 1 is 1.26 bits per heavy atom. The number of rotatable bonds is 4. The fourth-order valence-corrected chi connectivity index (χ4v) is 4.26. The van der Waals surface area contributed by atoms with E-state index < -0.39 is 0 Å². The maximum Gasteiger partial charge on any atom is 0.193 e. The summed E-state index contributed by atoms with van der Waals surface area (Å²) < 4.78 is 7.76. The molecule has 1 aromatic carbocycles. The van der Waals surface area contributed by atoms with Crippen LogP contribution in [0.2, 0.25) is 0 Å². The summed E-state index contributed by atoms with van der Waals surface area (Å²) in [5.41, 5.74) is 2.26. The SMILES string of the molecule is CN=C(NCCn1c(C)nc2ccccc21)N1CCC(N2CCOCC2)C1. The minimum atomic E-state index is 0.618. The number of hydrogen-bond acceptors (Lipinski definition) is 4. The van der Waals surface area contributed by atoms with Crippen molar-refractivity contribution in [2.45, 2.75) is 25.9 Å². The molecular formula is C20H30N6O. The number of para-hydroxylation sites is 2. The van der Waals surface area contributed by atoms with Gasteiger partial charge in [0.25, 0.3) is 0 Å². The third-order valence-corrected chi connectivity index (χ3v) is 5.70. The summed E-state index contributed by atoms with van der Waals surface area (Å²) in [5, 5.41) is 3.55. The van der Waals surface area contributed by atoms with Crippen LogP contribution in [0, 0.1) is 6.92 Å². The summed E-state index contributed by atoms with van der Waals surface area (Å²) in [7, 11) is 1.88. The highest BCUT2D eigenvalue weighted by Crippen LogP contribution is 2.17. The van der Waals surface area contributed by atoms with Crippen molar-refractivity contribution >= 4 is 17.0 Å². The second-order valence-electron chi connectivity index (χ2n) is 7.31. The number of aryl methyl sites for hydroxylation is 1. The van der Waals surface area contributed by atoms with Crippen molar-refractivity contribution < 1.29 is 4.74 Å². The summed E-state index contributed by atoms with van der Waals surface area (Å²) >= 11 is 0. The van der Waals surface area contributed by atoms with Crippen LogP contribution in [0.3, 0.4) is 0 Å². The summed E-state index contributed by atoms with van der Waals surface area (Å²) in [5.74, 6) is 2.06. The first kappa shape index (κ1) is 18.3. The quantitative estimate of drug-likeness (QED) is 0.650. The van der Waals surface area contributed by atoms with Crippen LogP contribution in [0.5, 0.6) is 0 Å². The third kappa shape index (κ3) is 3.94. The number of imidazole rings is 1. The Morgan fingerprint density at radius 3 is 2.89 bits per heavy atom. The summed E-state index contributed by atoms with van der Waals surface area (Å²) in [6.07, 6.45) is 1.20. The predicted molar refractivity (Wildman–Crippen MR) is 108 cm³/mol. The Balaban J connectivity index is 1.32. The third-order valence-electron chi connectivity index (χ3n) is 5.70. The number of nitrogens with zero attached hydrogens (tertiary/aromatic N) is 5. The smallest absolute Gasteiger partial charge is 0.193 e. The molecule has 1 aromatic heterocycles. The van der Waals surface area contributed by atoms with Crippen molar-refractivity contribution in [2.24, 2.45) is 4.99 Å². The largest absolute Gasteiger partial charge is 0.379 e. The Labute approximate surface area is 161 Å². The number of likely N-dealkylation sites (tertiary alicyclic amines) is 1. The van der Waals surface area contributed by atoms with E-state index >= 15 is 0 Å². The molecule has 0 aliphatic carbocycles. The van der Waals surface area contributed by atoms with Gasteiger partial charge in [-0.25, -0.2) is 4.98 Å². The number of aromatic nitrogens is 2. The molecule has 1 N–H and O–H groups in total. The molecule has 7 nitrogen and oxygen atoms in total. The Kier molecular flexibility index (Phi) is 5.59. The summed E-state index contributed by atoms with van der Waals surface area (Å²) in [4.78, 5) is 14.1. The first-order valence-corrected chi connectivity index (χ1v) is 9.95. The van der Waals surface area contributed by atoms with Gasteiger partial charge < -0.3 is 19.5 Å². The molecule has 1 atom stereocenters. The van der Waals surface area contributed by atoms with Gasteiger partial charge in [-0.15, -0.1) is 0 Å². The van der Waals surface area contributed by atoms with Crippen LogP contribution >= 0.6 is 0 Å². The lowest BCUT2D eigenvalue weighted by Crippen LogP contribution is -2.47. The zero-order valence-corrected chi connectivity index (χ0v) is 16.4. The van der Waals surface area contributed by atoms with Gasteiger partial charge in [-0.1, -0.05) is 12.1 Å². The molecule has 27 heavy (non-hydrogen) atoms. The second-order valence-corrected chi connectivity index (χ2v) is 7.31. The second kappa shape index (κ2) is 8.27. The van der Waals surface area contributed by atoms with Gasteiger partial charge in [0.1, 0.15) is 5.82 Å². The maximum absolute atomic E-state index is 5.48. The van der Waals surface area contributed by atoms with Crippen LogP contribution in [-0.4, -0.2) is 84.3 Å². The molecule has 4 rings (SSSR count). The van der Waals surface area contributed by atoms with Crippen molar-refractivity contribution in [3.63, 3.8) is 0 Å². The molecular weight excluding hydrogens is 340 g/mol. The fourth-order valence-electron chi connectivity index (χ4n) is 4.26. The number of aliphatic imine (C=N–C) groups is 1. The molecule has 0 bridgehead atoms. The molecule has 1 unspecified atom stereocenters. The molecule has 0 saturated carbocycles. The van der Waals surface area contributed by atoms with Gasteiger partial charge in [0.15, 0.2) is 5.96 Å². The highest BCUT2D eigenvalue weighted by Gasteiger charge is 2.30. The van der Waals surface area contributed by atoms with Gasteiger partial charge in [-0.05, 0) is 25.5 Å². The minimum absolute atomic E-state index is 0.618. The van der Waals surface area contributed by atoms with Crippen molar-refractivity contribution in [3.8, 4) is 0 Å². The minimum Gasteiger partial charge on any atom is -0.379 e. The van der Waals surface area contributed by atoms with E-state index in [0.29, 0.717) is 6.04 Å². The highest BCUT2D eigenvalue weighted by atomic mass is 16.5. The van der Waals surface area contributed by atoms with Gasteiger partial charge in [-0.3, -0.25) is 9.89 Å². The van der Waals surface area contributed by atoms with E-state index in [1.807, 2.05) is 13.1 Å². The molecule has 146 valence electrons. The summed E-state index contributed by atoms with van der Waals surface area (Å²) in [6, 6.07) is 8.94. The van der Waals surface area contributed by atoms with Gasteiger partial charge in [0.2, 0.25) is 0 Å². The zero-order chi connectivity index (χ0) is 18.6. The van der Waals surface area contributed by atoms with E-state index in [-0.39, 0.29) is 0 Å². The highest BCUT2D eigenvalue weighted by molar-refractivity contribution is 5.80. The van der Waals surface area contributed by atoms with Crippen molar-refractivity contribution in [1.29, 1.82) is 0 Å². The lowest BCUT2D eigenvalue weighted by atomic mass is 10.2. The van der Waals surface area contributed by atoms with Crippen LogP contribution < -0.4 is 5.32 Å². The molecule has 7 heteroatoms. The van der Waals surface area contributed by atoms with Crippen molar-refractivity contribution in [1.82, 2.24) is 24.7 Å². The topological polar surface area (TPSA) is 57.9 Å². The van der Waals surface area contributed by atoms with Gasteiger partial charge in [0.05, 0.1) is 24.2 Å². The standard InChI is InChI=1S/C20H30N6O/c1-16-23-18-5-3-4-6-19(18)26(16)10-8-22-20(21-2)25-9-7-17(15-25)24-11-13-27-14-12-24/h3-6,17H,7-15H2,1-2H3,(H,21,22). The fraction of sp³-hybridized carbons (Fsp3) is 0.600. The molecule has 2 aliphatic heterocycles. The molecule has 0 amide bonds. The molecule has 2 saturated heterocycles. The number of guanidine groups is 1. The van der Waals surface area contributed by atoms with Crippen LogP contribution in [0.15, 0.2) is 29.3 Å². The van der Waals surface area contributed by atoms with E-state index in [2.05, 4.69) is 54.8 Å². The van der Waals surface area contributed by atoms with Crippen LogP contribution in [0.1, 0.15) is 12.2 Å². The zero-order valence-electron chi connectivity index (χ0n) is 16.4. The van der Waals surface area contributed by atoms with Crippen LogP contribution in [0.25, 0.3) is 11.0 Å². The van der Waals surface area contributed by atoms with Crippen molar-refractivity contribution in [3.05, 3.63) is 30.1 Å². The Bertz CT molecular complexity index is 795. The Morgan fingerprint density at radius 2 is 2.07 bits per heavy atom. The molecule has 0 radical (unpaired) electrons. The number of nitrogens with one attached hydrogen (secondary N) is 1. The van der Waals surface area contributed by atoms with Crippen molar-refractivity contribution in [2.75, 3.05) is 53.0 Å². The van der Waals surface area contributed by atoms with Gasteiger partial charge in [-0.2, -0.15) is 0 Å². The molecule has 2 aromatic rings. The van der Waals surface area contributed by atoms with Crippen LogP contribution in [0.4, 0.5) is 0 Å². The lowest BCUT2D eigenvalue weighted by Gasteiger charge is -2.32. The predicted octanol–water partition coefficient (Wildman–Crippen LogP) is 1.33. The van der Waals surface area contributed by atoms with Crippen LogP contribution in [-0.2, 0) is 11.3 Å². The molecule has 3 heterocycles. The number of benzene rings is 1. The molecule has 2 aliphatic rings. The lowest BCUT2D eigenvalue weighted by molar-refractivity contribution is 0.0195. The Hall–Kier alpha value is -2.12. The van der Waals surface area contributed by atoms with E-state index in [1.54, 1.807) is 0 Å². The molecule has 0 spiro atoms. The van der Waals surface area contributed by atoms with E-state index in [4.69, 9.17) is 4.74 Å². The first-order valence-electron chi connectivity index (χ1n) is 9.95. The first-order chi connectivity index (χ1) is 13.3.